The summed E-state index contributed by atoms with van der Waals surface area (Å²) in [4.78, 5) is 13.2. The number of likely N-dealkylation sites (N-methyl/N-ethyl adjacent to an activating group) is 1. The maximum absolute atomic E-state index is 13.2. The average molecular weight is 644 g/mol. The third-order valence-corrected chi connectivity index (χ3v) is 8.57. The van der Waals surface area contributed by atoms with Gasteiger partial charge in [-0.1, -0.05) is 0 Å². The van der Waals surface area contributed by atoms with Crippen molar-refractivity contribution >= 4 is 11.9 Å². The van der Waals surface area contributed by atoms with Crippen molar-refractivity contribution in [2.75, 3.05) is 33.3 Å². The molecule has 0 radical (unpaired) electrons. The third-order valence-electron chi connectivity index (χ3n) is 8.57. The zero-order valence-electron chi connectivity index (χ0n) is 25.3. The highest BCUT2D eigenvalue weighted by Crippen LogP contribution is 2.37. The molecular weight excluding hydrogens is 594 g/mol. The van der Waals surface area contributed by atoms with E-state index in [2.05, 4.69) is 21.3 Å². The highest BCUT2D eigenvalue weighted by Gasteiger charge is 2.61. The van der Waals surface area contributed by atoms with Crippen LogP contribution in [0.25, 0.3) is 0 Å². The lowest BCUT2D eigenvalue weighted by molar-refractivity contribution is -0.275. The van der Waals surface area contributed by atoms with Crippen LogP contribution < -0.4 is 44.2 Å². The van der Waals surface area contributed by atoms with Gasteiger partial charge >= 0.3 is 0 Å². The summed E-state index contributed by atoms with van der Waals surface area (Å²) in [5.41, 5.74) is 22.2. The Hall–Kier alpha value is -2.62. The Kier molecular flexibility index (Phi) is 12.0. The van der Waals surface area contributed by atoms with Gasteiger partial charge < -0.3 is 83.6 Å². The number of carbonyl (C=O) groups is 1. The van der Waals surface area contributed by atoms with Crippen LogP contribution in [0.1, 0.15) is 25.7 Å². The molecule has 2 heterocycles. The quantitative estimate of drug-likeness (QED) is 0.0386. The number of guanidine groups is 1. The fraction of sp³-hybridized carbons (Fsp3) is 0.778. The molecular formula is C27H49N9O9. The van der Waals surface area contributed by atoms with Crippen molar-refractivity contribution in [1.82, 2.24) is 21.3 Å². The molecule has 2 aliphatic carbocycles. The summed E-state index contributed by atoms with van der Waals surface area (Å²) in [7, 11) is 1.59. The fourth-order valence-electron chi connectivity index (χ4n) is 5.88. The van der Waals surface area contributed by atoms with Crippen LogP contribution in [0.2, 0.25) is 0 Å². The minimum absolute atomic E-state index is 0.00933. The van der Waals surface area contributed by atoms with Crippen molar-refractivity contribution in [1.29, 1.82) is 5.41 Å². The van der Waals surface area contributed by atoms with Gasteiger partial charge in [-0.05, 0) is 45.5 Å². The lowest BCUT2D eigenvalue weighted by Gasteiger charge is -2.47. The number of rotatable bonds is 13. The molecule has 4 aliphatic rings. The molecule has 3 unspecified atom stereocenters. The molecule has 4 rings (SSSR count). The molecule has 1 saturated heterocycles. The van der Waals surface area contributed by atoms with E-state index in [-0.39, 0.29) is 19.4 Å². The van der Waals surface area contributed by atoms with Crippen molar-refractivity contribution in [3.05, 3.63) is 23.7 Å². The molecule has 0 bridgehead atoms. The lowest BCUT2D eigenvalue weighted by Crippen LogP contribution is -2.68. The van der Waals surface area contributed by atoms with E-state index in [4.69, 9.17) is 47.3 Å². The Balaban J connectivity index is 1.50. The molecule has 17 N–H and O–H groups in total. The summed E-state index contributed by atoms with van der Waals surface area (Å²) < 4.78 is 24.0. The highest BCUT2D eigenvalue weighted by molar-refractivity contribution is 5.91. The molecule has 2 saturated carbocycles. The van der Waals surface area contributed by atoms with Crippen molar-refractivity contribution < 1.29 is 44.2 Å². The van der Waals surface area contributed by atoms with Crippen LogP contribution in [0.15, 0.2) is 23.7 Å². The maximum atomic E-state index is 13.2. The van der Waals surface area contributed by atoms with Gasteiger partial charge in [0, 0.05) is 18.0 Å². The summed E-state index contributed by atoms with van der Waals surface area (Å²) in [6, 6.07) is -3.86. The second kappa shape index (κ2) is 15.3. The molecule has 18 heteroatoms. The SMILES string of the molecule is CN[C@H]1/C(=C\O)CO[C@H](O[C@H]2[C@H](NC(=O)C3(O)CC3NC(=N)N)C[C@H](N)C(O[C@H]3OC(CNCCCN)=CC[C@H]3N)[C@@H]2O)[C@@H]1O. The van der Waals surface area contributed by atoms with Crippen LogP contribution in [0.5, 0.6) is 0 Å². The number of hydrogen-bond acceptors (Lipinski definition) is 15. The van der Waals surface area contributed by atoms with Crippen molar-refractivity contribution in [3.8, 4) is 0 Å². The van der Waals surface area contributed by atoms with E-state index >= 15 is 0 Å². The molecule has 256 valence electrons. The van der Waals surface area contributed by atoms with Gasteiger partial charge in [-0.2, -0.15) is 0 Å². The van der Waals surface area contributed by atoms with Gasteiger partial charge in [-0.25, -0.2) is 0 Å². The molecule has 0 aromatic rings. The highest BCUT2D eigenvalue weighted by atomic mass is 16.7. The fourth-order valence-corrected chi connectivity index (χ4v) is 5.88. The summed E-state index contributed by atoms with van der Waals surface area (Å²) in [6.07, 6.45) is -3.36. The van der Waals surface area contributed by atoms with Crippen molar-refractivity contribution in [3.63, 3.8) is 0 Å². The van der Waals surface area contributed by atoms with Crippen LogP contribution in [0, 0.1) is 5.41 Å². The maximum Gasteiger partial charge on any atom is 0.254 e. The molecule has 0 spiro atoms. The van der Waals surface area contributed by atoms with Crippen molar-refractivity contribution in [2.24, 2.45) is 22.9 Å². The molecule has 3 fully saturated rings. The number of amides is 1. The molecule has 18 nitrogen and oxygen atoms in total. The van der Waals surface area contributed by atoms with Gasteiger partial charge in [0.05, 0.1) is 43.6 Å². The van der Waals surface area contributed by atoms with Gasteiger partial charge in [0.2, 0.25) is 6.29 Å². The second-order valence-electron chi connectivity index (χ2n) is 11.9. The van der Waals surface area contributed by atoms with E-state index in [1.165, 1.54) is 0 Å². The number of aliphatic hydroxyl groups excluding tert-OH is 3. The summed E-state index contributed by atoms with van der Waals surface area (Å²) in [5.74, 6) is -0.560. The number of nitrogens with one attached hydrogen (secondary N) is 5. The second-order valence-corrected chi connectivity index (χ2v) is 11.9. The first-order chi connectivity index (χ1) is 21.4. The number of ether oxygens (including phenoxy) is 4. The topological polar surface area (TPSA) is 311 Å². The Morgan fingerprint density at radius 2 is 1.91 bits per heavy atom. The van der Waals surface area contributed by atoms with Gasteiger partial charge in [0.25, 0.3) is 5.91 Å². The molecule has 0 aromatic carbocycles. The first-order valence-electron chi connectivity index (χ1n) is 15.1. The number of hydrogen-bond donors (Lipinski definition) is 13. The Labute approximate surface area is 261 Å². The van der Waals surface area contributed by atoms with Crippen LogP contribution in [-0.2, 0) is 23.7 Å². The van der Waals surface area contributed by atoms with E-state index in [9.17, 15) is 25.2 Å². The molecule has 45 heavy (non-hydrogen) atoms. The standard InChI is InChI=1S/C27H49N9O9/c1-33-18-12(10-37)11-42-24(19(18)38)45-22-16(35-25(40)27(41)8-17(27)36-26(31)32)7-15(30)21(20(22)39)44-23-14(29)4-3-13(43-23)9-34-6-2-5-28/h3,10,14-24,33-34,37-39,41H,2,4-9,11,28-30H2,1H3,(H,35,40)(H4,31,32,36)/b12-10-/t14-,15+,16-,17?,18+,19-,20+,21?,22+,23-,24-,27?/m1/s1. The van der Waals surface area contributed by atoms with E-state index in [1.807, 2.05) is 6.08 Å². The predicted octanol–water partition coefficient (Wildman–Crippen LogP) is -5.04. The van der Waals surface area contributed by atoms with E-state index in [0.717, 1.165) is 12.7 Å². The number of aliphatic hydroxyl groups is 4. The normalized spacial score (nSPS) is 40.7. The first-order valence-corrected chi connectivity index (χ1v) is 15.1. The van der Waals surface area contributed by atoms with E-state index in [1.54, 1.807) is 7.05 Å². The first kappa shape index (κ1) is 35.2. The Morgan fingerprint density at radius 3 is 2.58 bits per heavy atom. The summed E-state index contributed by atoms with van der Waals surface area (Å²) in [5, 5.41) is 61.8. The monoisotopic (exact) mass is 643 g/mol. The van der Waals surface area contributed by atoms with Crippen LogP contribution in [0.4, 0.5) is 0 Å². The van der Waals surface area contributed by atoms with Crippen molar-refractivity contribution in [2.45, 2.75) is 98.5 Å². The molecule has 2 aliphatic heterocycles. The minimum atomic E-state index is -1.85. The smallest absolute Gasteiger partial charge is 0.254 e. The predicted molar refractivity (Wildman–Crippen MR) is 160 cm³/mol. The average Bonchev–Trinajstić information content (AvgIpc) is 3.66. The zero-order chi connectivity index (χ0) is 32.9. The van der Waals surface area contributed by atoms with Crippen LogP contribution in [-0.4, -0.2) is 138 Å². The minimum Gasteiger partial charge on any atom is -0.515 e. The summed E-state index contributed by atoms with van der Waals surface area (Å²) in [6.45, 7) is 1.60. The van der Waals surface area contributed by atoms with E-state index in [0.29, 0.717) is 37.4 Å². The molecule has 1 amide bonds. The van der Waals surface area contributed by atoms with Crippen LogP contribution in [0.3, 0.4) is 0 Å². The lowest BCUT2D eigenvalue weighted by atomic mass is 9.83. The van der Waals surface area contributed by atoms with Gasteiger partial charge in [-0.15, -0.1) is 0 Å². The largest absolute Gasteiger partial charge is 0.515 e. The summed E-state index contributed by atoms with van der Waals surface area (Å²) >= 11 is 0. The Bertz CT molecular complexity index is 1100. The molecule has 0 aromatic heterocycles. The molecule has 12 atom stereocenters. The van der Waals surface area contributed by atoms with Gasteiger partial charge in [0.15, 0.2) is 17.9 Å². The zero-order valence-corrected chi connectivity index (χ0v) is 25.3. The van der Waals surface area contributed by atoms with Gasteiger partial charge in [-0.3, -0.25) is 10.2 Å². The Morgan fingerprint density at radius 1 is 1.18 bits per heavy atom. The van der Waals surface area contributed by atoms with Gasteiger partial charge in [0.1, 0.15) is 30.2 Å². The number of nitrogens with two attached hydrogens (primary N) is 4. The third kappa shape index (κ3) is 8.22. The van der Waals surface area contributed by atoms with E-state index < -0.39 is 84.7 Å². The number of carbonyl (C=O) groups excluding carboxylic acids is 1. The van der Waals surface area contributed by atoms with Crippen LogP contribution >= 0.6 is 0 Å².